The molecule has 1 aliphatic rings. The Kier molecular flexibility index (Phi) is 3.45. The van der Waals surface area contributed by atoms with Crippen LogP contribution < -0.4 is 5.32 Å². The van der Waals surface area contributed by atoms with Crippen LogP contribution in [0.5, 0.6) is 0 Å². The molecule has 0 radical (unpaired) electrons. The first-order valence-electron chi connectivity index (χ1n) is 6.31. The minimum Gasteiger partial charge on any atom is -0.366 e. The highest BCUT2D eigenvalue weighted by Crippen LogP contribution is 2.28. The number of amides is 2. The van der Waals surface area contributed by atoms with E-state index in [-0.39, 0.29) is 17.2 Å². The van der Waals surface area contributed by atoms with Crippen LogP contribution in [-0.4, -0.2) is 45.4 Å². The zero-order valence-corrected chi connectivity index (χ0v) is 11.8. The highest BCUT2D eigenvalue weighted by atomic mass is 16.5. The van der Waals surface area contributed by atoms with Gasteiger partial charge in [0.25, 0.3) is 0 Å². The molecule has 1 aromatic rings. The summed E-state index contributed by atoms with van der Waals surface area (Å²) in [6, 6.07) is 3.27. The molecule has 0 unspecified atom stereocenters. The minimum atomic E-state index is -0.360. The van der Waals surface area contributed by atoms with E-state index >= 15 is 0 Å². The Labute approximate surface area is 113 Å². The van der Waals surface area contributed by atoms with Crippen molar-refractivity contribution < 1.29 is 9.53 Å². The number of morpholine rings is 1. The summed E-state index contributed by atoms with van der Waals surface area (Å²) in [4.78, 5) is 14.0. The number of ether oxygens (including phenoxy) is 1. The molecule has 2 amide bonds. The van der Waals surface area contributed by atoms with Crippen LogP contribution in [0.1, 0.15) is 27.7 Å². The van der Waals surface area contributed by atoms with Gasteiger partial charge in [-0.2, -0.15) is 5.10 Å². The summed E-state index contributed by atoms with van der Waals surface area (Å²) >= 11 is 0. The predicted octanol–water partition coefficient (Wildman–Crippen LogP) is 1.90. The first-order chi connectivity index (χ1) is 8.77. The summed E-state index contributed by atoms with van der Waals surface area (Å²) in [5.74, 6) is 0.453. The number of urea groups is 1. The van der Waals surface area contributed by atoms with E-state index in [9.17, 15) is 4.79 Å². The van der Waals surface area contributed by atoms with E-state index in [0.29, 0.717) is 18.9 Å². The van der Waals surface area contributed by atoms with Crippen molar-refractivity contribution in [2.24, 2.45) is 0 Å². The zero-order chi connectivity index (χ0) is 14.1. The molecule has 0 atom stereocenters. The first kappa shape index (κ1) is 13.7. The van der Waals surface area contributed by atoms with Crippen molar-refractivity contribution in [3.8, 4) is 0 Å². The van der Waals surface area contributed by atoms with Crippen molar-refractivity contribution >= 4 is 11.8 Å². The molecule has 0 spiro atoms. The molecule has 19 heavy (non-hydrogen) atoms. The lowest BCUT2D eigenvalue weighted by Crippen LogP contribution is -2.59. The molecule has 104 valence electrons. The van der Waals surface area contributed by atoms with Crippen molar-refractivity contribution in [3.63, 3.8) is 0 Å². The van der Waals surface area contributed by atoms with Gasteiger partial charge in [0.05, 0.1) is 24.3 Å². The summed E-state index contributed by atoms with van der Waals surface area (Å²) in [5, 5.41) is 10.3. The molecule has 0 bridgehead atoms. The quantitative estimate of drug-likeness (QED) is 0.841. The summed E-state index contributed by atoms with van der Waals surface area (Å²) < 4.78 is 5.94. The van der Waals surface area contributed by atoms with Crippen LogP contribution in [0.3, 0.4) is 0 Å². The molecule has 6 nitrogen and oxygen atoms in total. The fraction of sp³-hybridized carbons (Fsp3) is 0.615. The molecule has 1 saturated heterocycles. The fourth-order valence-electron chi connectivity index (χ4n) is 2.49. The summed E-state index contributed by atoms with van der Waals surface area (Å²) in [6.45, 7) is 9.02. The van der Waals surface area contributed by atoms with Crippen LogP contribution in [0.25, 0.3) is 0 Å². The summed E-state index contributed by atoms with van der Waals surface area (Å²) in [6.07, 6.45) is 1.57. The van der Waals surface area contributed by atoms with Crippen LogP contribution >= 0.6 is 0 Å². The van der Waals surface area contributed by atoms with Crippen LogP contribution in [0, 0.1) is 0 Å². The van der Waals surface area contributed by atoms with E-state index in [1.165, 1.54) is 0 Å². The van der Waals surface area contributed by atoms with Gasteiger partial charge in [-0.25, -0.2) is 4.79 Å². The van der Waals surface area contributed by atoms with Gasteiger partial charge in [-0.05, 0) is 39.8 Å². The van der Waals surface area contributed by atoms with Crippen molar-refractivity contribution in [1.29, 1.82) is 0 Å². The van der Waals surface area contributed by atoms with Crippen LogP contribution in [0.15, 0.2) is 18.3 Å². The number of hydrogen-bond donors (Lipinski definition) is 1. The number of anilines is 1. The minimum absolute atomic E-state index is 0.176. The molecule has 0 aromatic carbocycles. The van der Waals surface area contributed by atoms with E-state index in [0.717, 1.165) is 0 Å². The van der Waals surface area contributed by atoms with Gasteiger partial charge in [-0.15, -0.1) is 5.10 Å². The fourth-order valence-corrected chi connectivity index (χ4v) is 2.49. The molecule has 6 heteroatoms. The molecule has 1 fully saturated rings. The normalized spacial score (nSPS) is 20.9. The summed E-state index contributed by atoms with van der Waals surface area (Å²) in [5.41, 5.74) is -0.719. The van der Waals surface area contributed by atoms with Gasteiger partial charge >= 0.3 is 6.03 Å². The number of aromatic nitrogens is 2. The van der Waals surface area contributed by atoms with E-state index in [2.05, 4.69) is 15.5 Å². The van der Waals surface area contributed by atoms with E-state index < -0.39 is 0 Å². The number of nitrogens with one attached hydrogen (secondary N) is 1. The average molecular weight is 264 g/mol. The maximum Gasteiger partial charge on any atom is 0.323 e. The molecule has 1 aromatic heterocycles. The smallest absolute Gasteiger partial charge is 0.323 e. The van der Waals surface area contributed by atoms with Crippen LogP contribution in [0.2, 0.25) is 0 Å². The van der Waals surface area contributed by atoms with Gasteiger partial charge in [0.2, 0.25) is 0 Å². The lowest BCUT2D eigenvalue weighted by atomic mass is 9.99. The Balaban J connectivity index is 2.07. The molecule has 2 rings (SSSR count). The van der Waals surface area contributed by atoms with Gasteiger partial charge < -0.3 is 9.64 Å². The molecule has 1 aliphatic heterocycles. The number of rotatable bonds is 1. The van der Waals surface area contributed by atoms with Crippen LogP contribution in [0.4, 0.5) is 10.6 Å². The highest BCUT2D eigenvalue weighted by Gasteiger charge is 2.40. The van der Waals surface area contributed by atoms with Gasteiger partial charge in [0.15, 0.2) is 5.82 Å². The number of hydrogen-bond acceptors (Lipinski definition) is 4. The number of carbonyl (C=O) groups excluding carboxylic acids is 1. The largest absolute Gasteiger partial charge is 0.366 e. The maximum atomic E-state index is 12.2. The molecule has 1 N–H and O–H groups in total. The second kappa shape index (κ2) is 4.77. The Bertz CT molecular complexity index is 443. The standard InChI is InChI=1S/C13H20N4O2/c1-12(2)8-17(9-13(3,4)19-12)11(18)15-10-6-5-7-14-16-10/h5-7H,8-9H2,1-4H3,(H,15,16,18). The second-order valence-corrected chi connectivity index (χ2v) is 6.02. The van der Waals surface area contributed by atoms with Crippen molar-refractivity contribution in [2.45, 2.75) is 38.9 Å². The van der Waals surface area contributed by atoms with Gasteiger partial charge in [0, 0.05) is 6.20 Å². The Morgan fingerprint density at radius 2 is 1.95 bits per heavy atom. The van der Waals surface area contributed by atoms with Gasteiger partial charge in [-0.3, -0.25) is 5.32 Å². The molecule has 0 saturated carbocycles. The highest BCUT2D eigenvalue weighted by molar-refractivity contribution is 5.88. The molecule has 2 heterocycles. The third-order valence-corrected chi connectivity index (χ3v) is 2.79. The Morgan fingerprint density at radius 1 is 1.32 bits per heavy atom. The SMILES string of the molecule is CC1(C)CN(C(=O)Nc2cccnn2)CC(C)(C)O1. The summed E-state index contributed by atoms with van der Waals surface area (Å²) in [7, 11) is 0. The molecule has 0 aliphatic carbocycles. The lowest BCUT2D eigenvalue weighted by molar-refractivity contribution is -0.169. The number of nitrogens with zero attached hydrogens (tertiary/aromatic N) is 3. The Morgan fingerprint density at radius 3 is 2.47 bits per heavy atom. The second-order valence-electron chi connectivity index (χ2n) is 6.02. The lowest BCUT2D eigenvalue weighted by Gasteiger charge is -2.46. The zero-order valence-electron chi connectivity index (χ0n) is 11.8. The van der Waals surface area contributed by atoms with E-state index in [1.807, 2.05) is 27.7 Å². The van der Waals surface area contributed by atoms with Gasteiger partial charge in [-0.1, -0.05) is 0 Å². The van der Waals surface area contributed by atoms with Crippen LogP contribution in [-0.2, 0) is 4.74 Å². The molecular weight excluding hydrogens is 244 g/mol. The third-order valence-electron chi connectivity index (χ3n) is 2.79. The first-order valence-corrected chi connectivity index (χ1v) is 6.31. The van der Waals surface area contributed by atoms with E-state index in [4.69, 9.17) is 4.74 Å². The molecular formula is C13H20N4O2. The maximum absolute atomic E-state index is 12.2. The van der Waals surface area contributed by atoms with Crippen molar-refractivity contribution in [2.75, 3.05) is 18.4 Å². The van der Waals surface area contributed by atoms with E-state index in [1.54, 1.807) is 23.2 Å². The number of carbonyl (C=O) groups is 1. The third kappa shape index (κ3) is 3.64. The average Bonchev–Trinajstić information content (AvgIpc) is 2.26. The monoisotopic (exact) mass is 264 g/mol. The van der Waals surface area contributed by atoms with Crippen molar-refractivity contribution in [3.05, 3.63) is 18.3 Å². The topological polar surface area (TPSA) is 67.4 Å². The van der Waals surface area contributed by atoms with Crippen molar-refractivity contribution in [1.82, 2.24) is 15.1 Å². The Hall–Kier alpha value is -1.69. The van der Waals surface area contributed by atoms with Gasteiger partial charge in [0.1, 0.15) is 0 Å². The predicted molar refractivity (Wildman–Crippen MR) is 71.9 cm³/mol.